The highest BCUT2D eigenvalue weighted by Crippen LogP contribution is 2.28. The van der Waals surface area contributed by atoms with Crippen molar-refractivity contribution in [2.75, 3.05) is 44.2 Å². The van der Waals surface area contributed by atoms with Gasteiger partial charge in [0.05, 0.1) is 4.92 Å². The van der Waals surface area contributed by atoms with Crippen LogP contribution in [0.2, 0.25) is 5.02 Å². The summed E-state index contributed by atoms with van der Waals surface area (Å²) in [6.07, 6.45) is 2.95. The van der Waals surface area contributed by atoms with E-state index < -0.39 is 11.0 Å². The van der Waals surface area contributed by atoms with Gasteiger partial charge in [-0.3, -0.25) is 15.0 Å². The Hall–Kier alpha value is -2.91. The van der Waals surface area contributed by atoms with E-state index in [2.05, 4.69) is 31.8 Å². The highest BCUT2D eigenvalue weighted by atomic mass is 79.9. The predicted molar refractivity (Wildman–Crippen MR) is 148 cm³/mol. The number of nitrogens with zero attached hydrogens (tertiary/aromatic N) is 3. The minimum atomic E-state index is -0.696. The maximum Gasteiger partial charge on any atom is 0.270 e. The summed E-state index contributed by atoms with van der Waals surface area (Å²) >= 11 is 9.62. The topological polar surface area (TPSA) is 79.1 Å². The molecule has 1 atom stereocenters. The van der Waals surface area contributed by atoms with Crippen LogP contribution in [0.25, 0.3) is 12.2 Å². The van der Waals surface area contributed by atoms with E-state index in [-0.39, 0.29) is 12.3 Å². The van der Waals surface area contributed by atoms with E-state index in [9.17, 15) is 15.2 Å². The van der Waals surface area contributed by atoms with Crippen molar-refractivity contribution in [3.05, 3.63) is 97.5 Å². The Kier molecular flexibility index (Phi) is 8.98. The van der Waals surface area contributed by atoms with Crippen molar-refractivity contribution in [2.45, 2.75) is 6.10 Å². The van der Waals surface area contributed by atoms with Gasteiger partial charge in [-0.1, -0.05) is 63.9 Å². The van der Waals surface area contributed by atoms with E-state index in [0.717, 1.165) is 46.9 Å². The molecule has 1 aliphatic heterocycles. The second-order valence-electron chi connectivity index (χ2n) is 8.57. The molecule has 9 heteroatoms. The summed E-state index contributed by atoms with van der Waals surface area (Å²) in [6.45, 7) is 3.91. The Bertz CT molecular complexity index is 1230. The van der Waals surface area contributed by atoms with Crippen LogP contribution in [0.15, 0.2) is 71.2 Å². The van der Waals surface area contributed by atoms with Crippen LogP contribution >= 0.6 is 27.5 Å². The molecule has 4 rings (SSSR count). The number of benzene rings is 3. The van der Waals surface area contributed by atoms with E-state index in [1.54, 1.807) is 12.1 Å². The average Bonchev–Trinajstić information content (AvgIpc) is 2.87. The van der Waals surface area contributed by atoms with Gasteiger partial charge in [0, 0.05) is 65.6 Å². The lowest BCUT2D eigenvalue weighted by Gasteiger charge is -2.36. The monoisotopic (exact) mass is 571 g/mol. The molecule has 0 bridgehead atoms. The number of non-ortho nitro benzene ring substituents is 1. The minimum Gasteiger partial charge on any atom is -0.490 e. The first kappa shape index (κ1) is 26.2. The molecule has 1 heterocycles. The zero-order valence-corrected chi connectivity index (χ0v) is 21.9. The molecule has 0 aromatic heterocycles. The normalized spacial score (nSPS) is 15.2. The minimum absolute atomic E-state index is 0.0211. The van der Waals surface area contributed by atoms with E-state index in [1.807, 2.05) is 48.5 Å². The summed E-state index contributed by atoms with van der Waals surface area (Å²) < 4.78 is 6.83. The Morgan fingerprint density at radius 1 is 1.03 bits per heavy atom. The van der Waals surface area contributed by atoms with Crippen LogP contribution in [0.1, 0.15) is 11.1 Å². The molecular weight excluding hydrogens is 546 g/mol. The van der Waals surface area contributed by atoms with Crippen molar-refractivity contribution in [3.8, 4) is 5.75 Å². The molecule has 0 saturated carbocycles. The fraction of sp³-hybridized carbons (Fsp3) is 0.259. The molecule has 36 heavy (non-hydrogen) atoms. The molecule has 7 nitrogen and oxygen atoms in total. The highest BCUT2D eigenvalue weighted by Gasteiger charge is 2.20. The number of anilines is 1. The zero-order chi connectivity index (χ0) is 25.5. The Labute approximate surface area is 223 Å². The number of nitro benzene ring substituents is 1. The molecule has 0 radical (unpaired) electrons. The molecule has 3 aromatic rings. The molecule has 1 saturated heterocycles. The van der Waals surface area contributed by atoms with Crippen molar-refractivity contribution in [1.29, 1.82) is 0 Å². The van der Waals surface area contributed by atoms with E-state index in [0.29, 0.717) is 17.9 Å². The molecule has 0 spiro atoms. The number of hydrogen-bond acceptors (Lipinski definition) is 6. The summed E-state index contributed by atoms with van der Waals surface area (Å²) in [4.78, 5) is 15.3. The molecule has 1 aliphatic rings. The fourth-order valence-corrected chi connectivity index (χ4v) is 4.70. The maximum atomic E-state index is 11.3. The van der Waals surface area contributed by atoms with Gasteiger partial charge in [-0.05, 0) is 35.9 Å². The smallest absolute Gasteiger partial charge is 0.270 e. The summed E-state index contributed by atoms with van der Waals surface area (Å²) in [5, 5.41) is 22.6. The average molecular weight is 573 g/mol. The van der Waals surface area contributed by atoms with Crippen LogP contribution in [0.3, 0.4) is 0 Å². The van der Waals surface area contributed by atoms with Gasteiger partial charge in [0.25, 0.3) is 5.69 Å². The first-order chi connectivity index (χ1) is 17.4. The van der Waals surface area contributed by atoms with Gasteiger partial charge in [0.15, 0.2) is 0 Å². The van der Waals surface area contributed by atoms with Crippen LogP contribution in [-0.2, 0) is 0 Å². The largest absolute Gasteiger partial charge is 0.490 e. The van der Waals surface area contributed by atoms with Crippen molar-refractivity contribution in [1.82, 2.24) is 4.90 Å². The number of ether oxygens (including phenoxy) is 1. The lowest BCUT2D eigenvalue weighted by molar-refractivity contribution is -0.384. The molecule has 0 aliphatic carbocycles. The number of aliphatic hydroxyl groups is 1. The molecule has 3 aromatic carbocycles. The third kappa shape index (κ3) is 7.07. The van der Waals surface area contributed by atoms with Crippen molar-refractivity contribution in [3.63, 3.8) is 0 Å². The number of nitro groups is 1. The second kappa shape index (κ2) is 12.4. The summed E-state index contributed by atoms with van der Waals surface area (Å²) in [5.41, 5.74) is 2.59. The molecular formula is C27H27BrClN3O4. The lowest BCUT2D eigenvalue weighted by Crippen LogP contribution is -2.49. The van der Waals surface area contributed by atoms with Gasteiger partial charge in [-0.2, -0.15) is 0 Å². The number of hydrogen-bond donors (Lipinski definition) is 1. The Morgan fingerprint density at radius 3 is 2.50 bits per heavy atom. The number of halogens is 2. The maximum absolute atomic E-state index is 11.3. The summed E-state index contributed by atoms with van der Waals surface area (Å²) in [5.74, 6) is 0.480. The SMILES string of the molecule is O=[N+]([O-])c1ccc(OCC(O)CN2CCN(c3cccc(Cl)c3)CC2)c(/C=C/c2ccccc2Br)c1. The quantitative estimate of drug-likeness (QED) is 0.200. The van der Waals surface area contributed by atoms with E-state index in [1.165, 1.54) is 12.1 Å². The van der Waals surface area contributed by atoms with Crippen LogP contribution < -0.4 is 9.64 Å². The molecule has 0 amide bonds. The van der Waals surface area contributed by atoms with Crippen LogP contribution in [0.5, 0.6) is 5.75 Å². The van der Waals surface area contributed by atoms with Gasteiger partial charge in [0.1, 0.15) is 18.5 Å². The van der Waals surface area contributed by atoms with Crippen molar-refractivity contribution >= 4 is 51.1 Å². The zero-order valence-electron chi connectivity index (χ0n) is 19.6. The summed E-state index contributed by atoms with van der Waals surface area (Å²) in [6, 6.07) is 20.0. The van der Waals surface area contributed by atoms with Gasteiger partial charge in [0.2, 0.25) is 0 Å². The van der Waals surface area contributed by atoms with Gasteiger partial charge in [-0.25, -0.2) is 0 Å². The fourth-order valence-electron chi connectivity index (χ4n) is 4.10. The number of piperazine rings is 1. The van der Waals surface area contributed by atoms with E-state index >= 15 is 0 Å². The van der Waals surface area contributed by atoms with Gasteiger partial charge >= 0.3 is 0 Å². The predicted octanol–water partition coefficient (Wildman–Crippen LogP) is 5.74. The number of β-amino-alcohol motifs (C(OH)–C–C–N with tert-alkyl or cyclic N) is 1. The van der Waals surface area contributed by atoms with Crippen LogP contribution in [-0.4, -0.2) is 60.4 Å². The van der Waals surface area contributed by atoms with Crippen LogP contribution in [0, 0.1) is 10.1 Å². The Morgan fingerprint density at radius 2 is 1.78 bits per heavy atom. The van der Waals surface area contributed by atoms with E-state index in [4.69, 9.17) is 16.3 Å². The number of rotatable bonds is 9. The molecule has 1 N–H and O–H groups in total. The standard InChI is InChI=1S/C27H27BrClN3O4/c28-26-7-2-1-4-20(26)8-9-21-16-24(32(34)35)10-11-27(21)36-19-25(33)18-30-12-14-31(15-13-30)23-6-3-5-22(29)17-23/h1-11,16-17,25,33H,12-15,18-19H2/b9-8+. The van der Waals surface area contributed by atoms with Gasteiger partial charge < -0.3 is 14.7 Å². The van der Waals surface area contributed by atoms with Gasteiger partial charge in [-0.15, -0.1) is 0 Å². The highest BCUT2D eigenvalue weighted by molar-refractivity contribution is 9.10. The second-order valence-corrected chi connectivity index (χ2v) is 9.86. The molecule has 188 valence electrons. The van der Waals surface area contributed by atoms with Crippen molar-refractivity contribution in [2.24, 2.45) is 0 Å². The lowest BCUT2D eigenvalue weighted by atomic mass is 10.1. The Balaban J connectivity index is 1.35. The summed E-state index contributed by atoms with van der Waals surface area (Å²) in [7, 11) is 0. The first-order valence-electron chi connectivity index (χ1n) is 11.6. The molecule has 1 fully saturated rings. The molecule has 1 unspecified atom stereocenters. The third-order valence-corrected chi connectivity index (χ3v) is 6.95. The third-order valence-electron chi connectivity index (χ3n) is 6.00. The van der Waals surface area contributed by atoms with Crippen LogP contribution in [0.4, 0.5) is 11.4 Å². The van der Waals surface area contributed by atoms with Crippen molar-refractivity contribution < 1.29 is 14.8 Å². The first-order valence-corrected chi connectivity index (χ1v) is 12.8. The number of aliphatic hydroxyl groups excluding tert-OH is 1.